The van der Waals surface area contributed by atoms with Crippen LogP contribution < -0.4 is 5.32 Å². The molecule has 1 aliphatic rings. The summed E-state index contributed by atoms with van der Waals surface area (Å²) in [5, 5.41) is 3.23. The molecule has 1 nitrogen and oxygen atoms in total. The Bertz CT molecular complexity index is 376. The normalized spacial score (nSPS) is 17.7. The highest BCUT2D eigenvalue weighted by molar-refractivity contribution is 6.30. The van der Waals surface area contributed by atoms with Crippen LogP contribution in [0.5, 0.6) is 0 Å². The van der Waals surface area contributed by atoms with Gasteiger partial charge < -0.3 is 5.32 Å². The lowest BCUT2D eigenvalue weighted by molar-refractivity contribution is 0.363. The Labute approximate surface area is 98.8 Å². The van der Waals surface area contributed by atoms with E-state index in [1.54, 1.807) is 0 Å². The van der Waals surface area contributed by atoms with Crippen LogP contribution in [0.2, 0.25) is 5.02 Å². The molecule has 1 aliphatic heterocycles. The maximum Gasteiger partial charge on any atom is 0.147 e. The summed E-state index contributed by atoms with van der Waals surface area (Å²) in [6, 6.07) is 2.50. The van der Waals surface area contributed by atoms with E-state index in [9.17, 15) is 8.78 Å². The molecule has 0 amide bonds. The second-order valence-electron chi connectivity index (χ2n) is 4.22. The van der Waals surface area contributed by atoms with Gasteiger partial charge in [-0.3, -0.25) is 0 Å². The number of hydrogen-bond acceptors (Lipinski definition) is 1. The first kappa shape index (κ1) is 11.8. The van der Waals surface area contributed by atoms with Crippen molar-refractivity contribution in [2.75, 3.05) is 13.1 Å². The molecule has 0 radical (unpaired) electrons. The highest BCUT2D eigenvalue weighted by atomic mass is 35.5. The van der Waals surface area contributed by atoms with Gasteiger partial charge in [-0.2, -0.15) is 0 Å². The van der Waals surface area contributed by atoms with Gasteiger partial charge in [0.15, 0.2) is 0 Å². The molecule has 88 valence electrons. The first-order chi connectivity index (χ1) is 7.68. The van der Waals surface area contributed by atoms with Crippen molar-refractivity contribution in [3.63, 3.8) is 0 Å². The van der Waals surface area contributed by atoms with Crippen LogP contribution in [0, 0.1) is 17.6 Å². The number of piperidine rings is 1. The molecule has 1 fully saturated rings. The summed E-state index contributed by atoms with van der Waals surface area (Å²) in [6.07, 6.45) is 2.37. The van der Waals surface area contributed by atoms with Crippen LogP contribution in [-0.2, 0) is 6.42 Å². The molecule has 0 spiro atoms. The Kier molecular flexibility index (Phi) is 3.77. The van der Waals surface area contributed by atoms with Crippen LogP contribution in [0.4, 0.5) is 8.78 Å². The Morgan fingerprint density at radius 1 is 1.25 bits per heavy atom. The molecule has 0 aromatic heterocycles. The predicted octanol–water partition coefficient (Wildman–Crippen LogP) is 3.16. The number of hydrogen-bond donors (Lipinski definition) is 1. The molecule has 0 bridgehead atoms. The van der Waals surface area contributed by atoms with Crippen LogP contribution in [0.1, 0.15) is 18.4 Å². The minimum absolute atomic E-state index is 0.00494. The van der Waals surface area contributed by atoms with Crippen LogP contribution in [0.3, 0.4) is 0 Å². The summed E-state index contributed by atoms with van der Waals surface area (Å²) < 4.78 is 27.1. The van der Waals surface area contributed by atoms with Crippen molar-refractivity contribution in [1.82, 2.24) is 5.32 Å². The molecule has 16 heavy (non-hydrogen) atoms. The van der Waals surface area contributed by atoms with Gasteiger partial charge in [-0.1, -0.05) is 11.6 Å². The van der Waals surface area contributed by atoms with Crippen molar-refractivity contribution >= 4 is 11.6 Å². The maximum absolute atomic E-state index is 13.6. The van der Waals surface area contributed by atoms with Gasteiger partial charge in [-0.15, -0.1) is 0 Å². The standard InChI is InChI=1S/C12H14ClF2N/c13-10-1-2-11(14)9(12(10)15)7-8-3-5-16-6-4-8/h1-2,8,16H,3-7H2. The van der Waals surface area contributed by atoms with Crippen molar-refractivity contribution in [1.29, 1.82) is 0 Å². The average Bonchev–Trinajstić information content (AvgIpc) is 2.31. The van der Waals surface area contributed by atoms with Gasteiger partial charge in [0.1, 0.15) is 11.6 Å². The van der Waals surface area contributed by atoms with Crippen LogP contribution in [0.15, 0.2) is 12.1 Å². The van der Waals surface area contributed by atoms with Crippen molar-refractivity contribution in [3.8, 4) is 0 Å². The largest absolute Gasteiger partial charge is 0.317 e. The molecule has 1 aromatic rings. The van der Waals surface area contributed by atoms with E-state index in [0.29, 0.717) is 12.3 Å². The van der Waals surface area contributed by atoms with E-state index in [2.05, 4.69) is 5.32 Å². The van der Waals surface area contributed by atoms with E-state index < -0.39 is 11.6 Å². The number of nitrogens with one attached hydrogen (secondary N) is 1. The Balaban J connectivity index is 2.16. The van der Waals surface area contributed by atoms with Crippen molar-refractivity contribution in [3.05, 3.63) is 34.4 Å². The van der Waals surface area contributed by atoms with Gasteiger partial charge in [0.25, 0.3) is 0 Å². The first-order valence-electron chi connectivity index (χ1n) is 5.51. The zero-order chi connectivity index (χ0) is 11.5. The zero-order valence-corrected chi connectivity index (χ0v) is 9.66. The molecule has 1 aromatic carbocycles. The number of halogens is 3. The number of benzene rings is 1. The van der Waals surface area contributed by atoms with E-state index in [1.165, 1.54) is 12.1 Å². The third-order valence-electron chi connectivity index (χ3n) is 3.09. The number of rotatable bonds is 2. The van der Waals surface area contributed by atoms with E-state index >= 15 is 0 Å². The Morgan fingerprint density at radius 2 is 1.94 bits per heavy atom. The summed E-state index contributed by atoms with van der Waals surface area (Å²) >= 11 is 5.65. The molecular formula is C12H14ClF2N. The Hall–Kier alpha value is -0.670. The zero-order valence-electron chi connectivity index (χ0n) is 8.90. The Morgan fingerprint density at radius 3 is 2.62 bits per heavy atom. The average molecular weight is 246 g/mol. The lowest BCUT2D eigenvalue weighted by Gasteiger charge is -2.23. The quantitative estimate of drug-likeness (QED) is 0.790. The monoisotopic (exact) mass is 245 g/mol. The van der Waals surface area contributed by atoms with Crippen molar-refractivity contribution in [2.45, 2.75) is 19.3 Å². The molecule has 1 N–H and O–H groups in total. The van der Waals surface area contributed by atoms with Crippen molar-refractivity contribution < 1.29 is 8.78 Å². The summed E-state index contributed by atoms with van der Waals surface area (Å²) in [5.41, 5.74) is 0.138. The van der Waals surface area contributed by atoms with Crippen LogP contribution >= 0.6 is 11.6 Å². The fourth-order valence-corrected chi connectivity index (χ4v) is 2.31. The fourth-order valence-electron chi connectivity index (χ4n) is 2.13. The van der Waals surface area contributed by atoms with Gasteiger partial charge in [-0.25, -0.2) is 8.78 Å². The van der Waals surface area contributed by atoms with E-state index in [0.717, 1.165) is 25.9 Å². The minimum Gasteiger partial charge on any atom is -0.317 e. The topological polar surface area (TPSA) is 12.0 Å². The third kappa shape index (κ3) is 2.53. The van der Waals surface area contributed by atoms with Gasteiger partial charge in [0.2, 0.25) is 0 Å². The second-order valence-corrected chi connectivity index (χ2v) is 4.63. The molecule has 0 aliphatic carbocycles. The summed E-state index contributed by atoms with van der Waals surface area (Å²) in [7, 11) is 0. The van der Waals surface area contributed by atoms with E-state index in [-0.39, 0.29) is 10.6 Å². The second kappa shape index (κ2) is 5.11. The summed E-state index contributed by atoms with van der Waals surface area (Å²) in [6.45, 7) is 1.85. The van der Waals surface area contributed by atoms with Crippen LogP contribution in [-0.4, -0.2) is 13.1 Å². The van der Waals surface area contributed by atoms with Crippen LogP contribution in [0.25, 0.3) is 0 Å². The van der Waals surface area contributed by atoms with Gasteiger partial charge in [-0.05, 0) is 50.4 Å². The highest BCUT2D eigenvalue weighted by Crippen LogP contribution is 2.26. The molecule has 4 heteroatoms. The molecular weight excluding hydrogens is 232 g/mol. The minimum atomic E-state index is -0.597. The fraction of sp³-hybridized carbons (Fsp3) is 0.500. The van der Waals surface area contributed by atoms with Gasteiger partial charge in [0.05, 0.1) is 5.02 Å². The summed E-state index contributed by atoms with van der Waals surface area (Å²) in [5.74, 6) is -0.732. The van der Waals surface area contributed by atoms with Gasteiger partial charge in [0, 0.05) is 5.56 Å². The highest BCUT2D eigenvalue weighted by Gasteiger charge is 2.19. The predicted molar refractivity (Wildman–Crippen MR) is 60.7 cm³/mol. The molecule has 0 unspecified atom stereocenters. The van der Waals surface area contributed by atoms with Gasteiger partial charge >= 0.3 is 0 Å². The lowest BCUT2D eigenvalue weighted by atomic mass is 9.90. The molecule has 1 heterocycles. The molecule has 1 saturated heterocycles. The first-order valence-corrected chi connectivity index (χ1v) is 5.89. The molecule has 2 rings (SSSR count). The van der Waals surface area contributed by atoms with E-state index in [1.807, 2.05) is 0 Å². The molecule has 0 saturated carbocycles. The van der Waals surface area contributed by atoms with E-state index in [4.69, 9.17) is 11.6 Å². The SMILES string of the molecule is Fc1ccc(Cl)c(F)c1CC1CCNCC1. The third-order valence-corrected chi connectivity index (χ3v) is 3.38. The van der Waals surface area contributed by atoms with Crippen molar-refractivity contribution in [2.24, 2.45) is 5.92 Å². The summed E-state index contributed by atoms with van der Waals surface area (Å²) in [4.78, 5) is 0. The lowest BCUT2D eigenvalue weighted by Crippen LogP contribution is -2.29. The maximum atomic E-state index is 13.6. The smallest absolute Gasteiger partial charge is 0.147 e. The molecule has 0 atom stereocenters.